The molecule has 78 valence electrons. The summed E-state index contributed by atoms with van der Waals surface area (Å²) in [5, 5.41) is 7.10. The smallest absolute Gasteiger partial charge is 0.213 e. The summed E-state index contributed by atoms with van der Waals surface area (Å²) in [6, 6.07) is 0. The van der Waals surface area contributed by atoms with Crippen molar-refractivity contribution in [2.75, 3.05) is 26.3 Å². The monoisotopic (exact) mass is 197 g/mol. The normalized spacial score (nSPS) is 19.2. The van der Waals surface area contributed by atoms with Crippen LogP contribution in [0, 0.1) is 5.41 Å². The first-order chi connectivity index (χ1) is 6.79. The third-order valence-electron chi connectivity index (χ3n) is 2.39. The Morgan fingerprint density at radius 2 is 2.43 bits per heavy atom. The van der Waals surface area contributed by atoms with Crippen LogP contribution in [0.1, 0.15) is 12.7 Å². The first-order valence-electron chi connectivity index (χ1n) is 4.82. The second-order valence-electron chi connectivity index (χ2n) is 4.08. The molecule has 2 rings (SSSR count). The quantitative estimate of drug-likeness (QED) is 0.685. The highest BCUT2D eigenvalue weighted by molar-refractivity contribution is 4.84. The number of aromatic nitrogens is 2. The predicted octanol–water partition coefficient (Wildman–Crippen LogP) is 0.238. The molecular formula is C9H15N3O2. The van der Waals surface area contributed by atoms with Gasteiger partial charge in [0, 0.05) is 24.9 Å². The largest absolute Gasteiger partial charge is 0.380 e. The molecule has 1 aliphatic heterocycles. The number of hydrogen-bond acceptors (Lipinski definition) is 5. The molecule has 0 aromatic carbocycles. The Morgan fingerprint density at radius 1 is 1.57 bits per heavy atom. The number of nitrogens with zero attached hydrogens (tertiary/aromatic N) is 2. The molecule has 1 aliphatic rings. The van der Waals surface area contributed by atoms with Crippen molar-refractivity contribution in [1.82, 2.24) is 15.5 Å². The van der Waals surface area contributed by atoms with Gasteiger partial charge in [0.2, 0.25) is 6.39 Å². The van der Waals surface area contributed by atoms with Gasteiger partial charge in [-0.2, -0.15) is 4.98 Å². The molecule has 1 aromatic heterocycles. The molecule has 0 radical (unpaired) electrons. The minimum atomic E-state index is 0.331. The van der Waals surface area contributed by atoms with Crippen molar-refractivity contribution in [2.45, 2.75) is 13.3 Å². The predicted molar refractivity (Wildman–Crippen MR) is 49.8 cm³/mol. The van der Waals surface area contributed by atoms with Gasteiger partial charge in [-0.25, -0.2) is 0 Å². The Morgan fingerprint density at radius 3 is 3.00 bits per heavy atom. The standard InChI is InChI=1S/C9H15N3O2/c1-9(5-13-6-9)4-10-3-2-8-11-7-14-12-8/h7,10H,2-6H2,1H3. The fraction of sp³-hybridized carbons (Fsp3) is 0.778. The maximum Gasteiger partial charge on any atom is 0.213 e. The number of nitrogens with one attached hydrogen (secondary N) is 1. The highest BCUT2D eigenvalue weighted by Gasteiger charge is 2.32. The van der Waals surface area contributed by atoms with Crippen LogP contribution in [-0.4, -0.2) is 36.4 Å². The van der Waals surface area contributed by atoms with Gasteiger partial charge >= 0.3 is 0 Å². The molecule has 1 saturated heterocycles. The molecule has 1 aromatic rings. The molecule has 0 atom stereocenters. The molecule has 5 heteroatoms. The van der Waals surface area contributed by atoms with E-state index in [1.165, 1.54) is 6.39 Å². The van der Waals surface area contributed by atoms with Gasteiger partial charge in [0.25, 0.3) is 0 Å². The van der Waals surface area contributed by atoms with Crippen LogP contribution < -0.4 is 5.32 Å². The highest BCUT2D eigenvalue weighted by atomic mass is 16.5. The minimum Gasteiger partial charge on any atom is -0.380 e. The van der Waals surface area contributed by atoms with Crippen LogP contribution >= 0.6 is 0 Å². The molecule has 0 amide bonds. The van der Waals surface area contributed by atoms with Crippen LogP contribution in [0.25, 0.3) is 0 Å². The van der Waals surface area contributed by atoms with Crippen molar-refractivity contribution >= 4 is 0 Å². The molecule has 0 aliphatic carbocycles. The summed E-state index contributed by atoms with van der Waals surface area (Å²) in [5.74, 6) is 0.757. The highest BCUT2D eigenvalue weighted by Crippen LogP contribution is 2.24. The van der Waals surface area contributed by atoms with Crippen molar-refractivity contribution in [2.24, 2.45) is 5.41 Å². The number of rotatable bonds is 5. The summed E-state index contributed by atoms with van der Waals surface area (Å²) in [6.45, 7) is 5.82. The van der Waals surface area contributed by atoms with E-state index in [-0.39, 0.29) is 0 Å². The van der Waals surface area contributed by atoms with Gasteiger partial charge in [-0.3, -0.25) is 0 Å². The van der Waals surface area contributed by atoms with E-state index in [4.69, 9.17) is 4.74 Å². The molecule has 14 heavy (non-hydrogen) atoms. The van der Waals surface area contributed by atoms with Crippen LogP contribution in [0.2, 0.25) is 0 Å². The summed E-state index contributed by atoms with van der Waals surface area (Å²) in [5.41, 5.74) is 0.331. The number of hydrogen-bond donors (Lipinski definition) is 1. The Hall–Kier alpha value is -0.940. The van der Waals surface area contributed by atoms with Crippen molar-refractivity contribution in [3.8, 4) is 0 Å². The van der Waals surface area contributed by atoms with Crippen molar-refractivity contribution < 1.29 is 9.26 Å². The van der Waals surface area contributed by atoms with E-state index in [9.17, 15) is 0 Å². The second-order valence-corrected chi connectivity index (χ2v) is 4.08. The Labute approximate surface area is 82.8 Å². The second kappa shape index (κ2) is 4.06. The molecule has 0 saturated carbocycles. The maximum absolute atomic E-state index is 5.16. The van der Waals surface area contributed by atoms with Gasteiger partial charge in [0.05, 0.1) is 13.2 Å². The lowest BCUT2D eigenvalue weighted by Crippen LogP contribution is -2.47. The van der Waals surface area contributed by atoms with Crippen molar-refractivity contribution in [3.63, 3.8) is 0 Å². The van der Waals surface area contributed by atoms with E-state index in [0.717, 1.165) is 38.5 Å². The molecule has 0 unspecified atom stereocenters. The van der Waals surface area contributed by atoms with Crippen molar-refractivity contribution in [3.05, 3.63) is 12.2 Å². The molecule has 2 heterocycles. The zero-order valence-electron chi connectivity index (χ0n) is 8.32. The summed E-state index contributed by atoms with van der Waals surface area (Å²) in [7, 11) is 0. The topological polar surface area (TPSA) is 60.2 Å². The lowest BCUT2D eigenvalue weighted by molar-refractivity contribution is -0.0988. The van der Waals surface area contributed by atoms with Crippen molar-refractivity contribution in [1.29, 1.82) is 0 Å². The summed E-state index contributed by atoms with van der Waals surface area (Å²) in [6.07, 6.45) is 2.17. The Bertz CT molecular complexity index is 270. The fourth-order valence-corrected chi connectivity index (χ4v) is 1.45. The Kier molecular flexibility index (Phi) is 2.79. The zero-order chi connectivity index (χ0) is 9.86. The van der Waals surface area contributed by atoms with Gasteiger partial charge < -0.3 is 14.6 Å². The van der Waals surface area contributed by atoms with Gasteiger partial charge in [-0.15, -0.1) is 0 Å². The molecular weight excluding hydrogens is 182 g/mol. The lowest BCUT2D eigenvalue weighted by atomic mass is 9.89. The zero-order valence-corrected chi connectivity index (χ0v) is 8.32. The minimum absolute atomic E-state index is 0.331. The van der Waals surface area contributed by atoms with Crippen LogP contribution in [0.4, 0.5) is 0 Å². The van der Waals surface area contributed by atoms with Crippen LogP contribution in [0.15, 0.2) is 10.9 Å². The Balaban J connectivity index is 1.59. The summed E-state index contributed by atoms with van der Waals surface area (Å²) >= 11 is 0. The molecule has 5 nitrogen and oxygen atoms in total. The summed E-state index contributed by atoms with van der Waals surface area (Å²) in [4.78, 5) is 3.94. The van der Waals surface area contributed by atoms with Gasteiger partial charge in [0.15, 0.2) is 5.82 Å². The van der Waals surface area contributed by atoms with E-state index in [2.05, 4.69) is 26.9 Å². The SMILES string of the molecule is CC1(CNCCc2ncon2)COC1. The van der Waals surface area contributed by atoms with E-state index >= 15 is 0 Å². The molecule has 0 spiro atoms. The molecule has 1 fully saturated rings. The fourth-order valence-electron chi connectivity index (χ4n) is 1.45. The van der Waals surface area contributed by atoms with E-state index in [0.29, 0.717) is 5.41 Å². The summed E-state index contributed by atoms with van der Waals surface area (Å²) < 4.78 is 9.80. The average Bonchev–Trinajstić information content (AvgIpc) is 2.62. The lowest BCUT2D eigenvalue weighted by Gasteiger charge is -2.38. The first kappa shape index (κ1) is 9.61. The number of ether oxygens (including phenoxy) is 1. The molecule has 1 N–H and O–H groups in total. The third-order valence-corrected chi connectivity index (χ3v) is 2.39. The third kappa shape index (κ3) is 2.30. The van der Waals surface area contributed by atoms with E-state index in [1.807, 2.05) is 0 Å². The molecule has 0 bridgehead atoms. The van der Waals surface area contributed by atoms with Gasteiger partial charge in [-0.05, 0) is 0 Å². The van der Waals surface area contributed by atoms with E-state index < -0.39 is 0 Å². The maximum atomic E-state index is 5.16. The first-order valence-corrected chi connectivity index (χ1v) is 4.82. The average molecular weight is 197 g/mol. The van der Waals surface area contributed by atoms with Gasteiger partial charge in [0.1, 0.15) is 0 Å². The van der Waals surface area contributed by atoms with Gasteiger partial charge in [-0.1, -0.05) is 12.1 Å². The van der Waals surface area contributed by atoms with Crippen LogP contribution in [0.5, 0.6) is 0 Å². The van der Waals surface area contributed by atoms with Crippen LogP contribution in [0.3, 0.4) is 0 Å². The van der Waals surface area contributed by atoms with E-state index in [1.54, 1.807) is 0 Å². The van der Waals surface area contributed by atoms with Crippen LogP contribution in [-0.2, 0) is 11.2 Å².